The zero-order chi connectivity index (χ0) is 10.9. The zero-order valence-electron chi connectivity index (χ0n) is 7.35. The second-order valence-electron chi connectivity index (χ2n) is 2.88. The average Bonchev–Trinajstić information content (AvgIpc) is 2.12. The van der Waals surface area contributed by atoms with Gasteiger partial charge in [-0.25, -0.2) is 0 Å². The molecular formula is C9H8Cl3NO. The highest BCUT2D eigenvalue weighted by molar-refractivity contribution is 6.44. The predicted molar refractivity (Wildman–Crippen MR) is 59.1 cm³/mol. The van der Waals surface area contributed by atoms with Gasteiger partial charge in [0.15, 0.2) is 0 Å². The van der Waals surface area contributed by atoms with Gasteiger partial charge in [-0.3, -0.25) is 4.79 Å². The number of nitrogens with two attached hydrogens (primary N) is 1. The summed E-state index contributed by atoms with van der Waals surface area (Å²) < 4.78 is 0. The van der Waals surface area contributed by atoms with E-state index in [9.17, 15) is 4.79 Å². The van der Waals surface area contributed by atoms with Crippen molar-refractivity contribution < 1.29 is 4.79 Å². The number of hydrogen-bond donors (Lipinski definition) is 1. The Hall–Kier alpha value is -0.440. The maximum Gasteiger partial charge on any atom is 0.224 e. The molecule has 1 rings (SSSR count). The lowest BCUT2D eigenvalue weighted by molar-refractivity contribution is -0.119. The summed E-state index contributed by atoms with van der Waals surface area (Å²) in [6, 6.07) is 3.16. The van der Waals surface area contributed by atoms with Crippen molar-refractivity contribution in [3.63, 3.8) is 0 Å². The van der Waals surface area contributed by atoms with Gasteiger partial charge in [0, 0.05) is 10.6 Å². The Morgan fingerprint density at radius 2 is 1.79 bits per heavy atom. The molecule has 0 radical (unpaired) electrons. The Bertz CT molecular complexity index is 379. The summed E-state index contributed by atoms with van der Waals surface area (Å²) in [4.78, 5) is 11.0. The summed E-state index contributed by atoms with van der Waals surface area (Å²) >= 11 is 17.6. The molecule has 0 heterocycles. The summed E-state index contributed by atoms with van der Waals surface area (Å²) in [6.45, 7) is 1.63. The molecule has 76 valence electrons. The van der Waals surface area contributed by atoms with Gasteiger partial charge in [0.05, 0.1) is 16.0 Å². The Balaban J connectivity index is 3.32. The van der Waals surface area contributed by atoms with Gasteiger partial charge in [0.2, 0.25) is 5.91 Å². The molecule has 1 aromatic carbocycles. The van der Waals surface area contributed by atoms with E-state index >= 15 is 0 Å². The molecule has 5 heteroatoms. The second-order valence-corrected chi connectivity index (χ2v) is 4.07. The monoisotopic (exact) mass is 251 g/mol. The van der Waals surface area contributed by atoms with Crippen LogP contribution in [0.4, 0.5) is 0 Å². The number of amides is 1. The Morgan fingerprint density at radius 3 is 2.29 bits per heavy atom. The number of halogens is 3. The number of rotatable bonds is 2. The van der Waals surface area contributed by atoms with E-state index in [-0.39, 0.29) is 5.02 Å². The third kappa shape index (κ3) is 2.14. The molecule has 1 atom stereocenters. The SMILES string of the molecule is CC(C(N)=O)c1c(Cl)ccc(Cl)c1Cl. The first kappa shape index (κ1) is 11.6. The van der Waals surface area contributed by atoms with Gasteiger partial charge < -0.3 is 5.73 Å². The predicted octanol–water partition coefficient (Wildman–Crippen LogP) is 3.24. The van der Waals surface area contributed by atoms with Crippen molar-refractivity contribution in [2.75, 3.05) is 0 Å². The summed E-state index contributed by atoms with van der Waals surface area (Å²) in [5.74, 6) is -1.04. The first-order chi connectivity index (χ1) is 6.45. The van der Waals surface area contributed by atoms with Crippen LogP contribution in [0.15, 0.2) is 12.1 Å². The van der Waals surface area contributed by atoms with E-state index in [0.29, 0.717) is 15.6 Å². The maximum absolute atomic E-state index is 11.0. The van der Waals surface area contributed by atoms with E-state index in [4.69, 9.17) is 40.5 Å². The van der Waals surface area contributed by atoms with Crippen LogP contribution >= 0.6 is 34.8 Å². The molecule has 2 nitrogen and oxygen atoms in total. The van der Waals surface area contributed by atoms with Crippen molar-refractivity contribution in [1.82, 2.24) is 0 Å². The van der Waals surface area contributed by atoms with Gasteiger partial charge in [-0.1, -0.05) is 34.8 Å². The van der Waals surface area contributed by atoms with Crippen LogP contribution in [0.25, 0.3) is 0 Å². The van der Waals surface area contributed by atoms with Gasteiger partial charge in [-0.05, 0) is 19.1 Å². The highest BCUT2D eigenvalue weighted by atomic mass is 35.5. The van der Waals surface area contributed by atoms with E-state index < -0.39 is 11.8 Å². The van der Waals surface area contributed by atoms with Gasteiger partial charge in [-0.2, -0.15) is 0 Å². The van der Waals surface area contributed by atoms with Crippen LogP contribution in [0, 0.1) is 0 Å². The first-order valence-corrected chi connectivity index (χ1v) is 5.01. The summed E-state index contributed by atoms with van der Waals surface area (Å²) in [6.07, 6.45) is 0. The van der Waals surface area contributed by atoms with Crippen molar-refractivity contribution in [2.45, 2.75) is 12.8 Å². The normalized spacial score (nSPS) is 12.6. The molecule has 0 aliphatic rings. The topological polar surface area (TPSA) is 43.1 Å². The minimum atomic E-state index is -0.548. The Kier molecular flexibility index (Phi) is 3.65. The van der Waals surface area contributed by atoms with Crippen LogP contribution in [0.2, 0.25) is 15.1 Å². The van der Waals surface area contributed by atoms with Crippen LogP contribution < -0.4 is 5.73 Å². The van der Waals surface area contributed by atoms with Crippen molar-refractivity contribution in [3.8, 4) is 0 Å². The highest BCUT2D eigenvalue weighted by Gasteiger charge is 2.19. The molecule has 1 unspecified atom stereocenters. The van der Waals surface area contributed by atoms with Gasteiger partial charge in [0.25, 0.3) is 0 Å². The fourth-order valence-corrected chi connectivity index (χ4v) is 1.94. The number of benzene rings is 1. The van der Waals surface area contributed by atoms with E-state index in [2.05, 4.69) is 0 Å². The van der Waals surface area contributed by atoms with Crippen LogP contribution in [0.5, 0.6) is 0 Å². The minimum Gasteiger partial charge on any atom is -0.369 e. The summed E-state index contributed by atoms with van der Waals surface area (Å²) in [5, 5.41) is 1.04. The lowest BCUT2D eigenvalue weighted by Crippen LogP contribution is -2.19. The zero-order valence-corrected chi connectivity index (χ0v) is 9.62. The quantitative estimate of drug-likeness (QED) is 0.807. The number of carbonyl (C=O) groups is 1. The molecule has 0 saturated heterocycles. The van der Waals surface area contributed by atoms with E-state index in [1.807, 2.05) is 0 Å². The smallest absolute Gasteiger partial charge is 0.224 e. The molecular weight excluding hydrogens is 244 g/mol. The van der Waals surface area contributed by atoms with Crippen molar-refractivity contribution in [1.29, 1.82) is 0 Å². The summed E-state index contributed by atoms with van der Waals surface area (Å²) in [7, 11) is 0. The lowest BCUT2D eigenvalue weighted by atomic mass is 10.0. The minimum absolute atomic E-state index is 0.283. The second kappa shape index (κ2) is 4.39. The molecule has 1 aromatic rings. The van der Waals surface area contributed by atoms with E-state index in [1.54, 1.807) is 19.1 Å². The van der Waals surface area contributed by atoms with Crippen LogP contribution in [-0.4, -0.2) is 5.91 Å². The molecule has 14 heavy (non-hydrogen) atoms. The average molecular weight is 253 g/mol. The molecule has 0 saturated carbocycles. The molecule has 1 amide bonds. The standard InChI is InChI=1S/C9H8Cl3NO/c1-4(9(13)14)7-5(10)2-3-6(11)8(7)12/h2-4H,1H3,(H2,13,14). The summed E-state index contributed by atoms with van der Waals surface area (Å²) in [5.41, 5.74) is 5.64. The first-order valence-electron chi connectivity index (χ1n) is 3.88. The van der Waals surface area contributed by atoms with Gasteiger partial charge in [0.1, 0.15) is 0 Å². The van der Waals surface area contributed by atoms with Crippen LogP contribution in [0.3, 0.4) is 0 Å². The van der Waals surface area contributed by atoms with Gasteiger partial charge >= 0.3 is 0 Å². The molecule has 0 aromatic heterocycles. The fraction of sp³-hybridized carbons (Fsp3) is 0.222. The van der Waals surface area contributed by atoms with E-state index in [1.165, 1.54) is 0 Å². The maximum atomic E-state index is 11.0. The highest BCUT2D eigenvalue weighted by Crippen LogP contribution is 2.36. The largest absolute Gasteiger partial charge is 0.369 e. The molecule has 2 N–H and O–H groups in total. The number of primary amides is 1. The van der Waals surface area contributed by atoms with Crippen LogP contribution in [-0.2, 0) is 4.79 Å². The van der Waals surface area contributed by atoms with Crippen LogP contribution in [0.1, 0.15) is 18.4 Å². The molecule has 0 aliphatic carbocycles. The number of hydrogen-bond acceptors (Lipinski definition) is 1. The lowest BCUT2D eigenvalue weighted by Gasteiger charge is -2.12. The Morgan fingerprint density at radius 1 is 1.29 bits per heavy atom. The third-order valence-corrected chi connectivity index (χ3v) is 3.09. The molecule has 0 spiro atoms. The molecule has 0 fully saturated rings. The van der Waals surface area contributed by atoms with Crippen molar-refractivity contribution >= 4 is 40.7 Å². The van der Waals surface area contributed by atoms with Crippen molar-refractivity contribution in [2.24, 2.45) is 5.73 Å². The fourth-order valence-electron chi connectivity index (χ4n) is 1.08. The van der Waals surface area contributed by atoms with Crippen molar-refractivity contribution in [3.05, 3.63) is 32.8 Å². The van der Waals surface area contributed by atoms with Gasteiger partial charge in [-0.15, -0.1) is 0 Å². The number of carbonyl (C=O) groups excluding carboxylic acids is 1. The third-order valence-electron chi connectivity index (χ3n) is 1.94. The van der Waals surface area contributed by atoms with E-state index in [0.717, 1.165) is 0 Å². The molecule has 0 bridgehead atoms. The Labute approximate surface area is 96.9 Å². The molecule has 0 aliphatic heterocycles.